The monoisotopic (exact) mass is 339 g/mol. The molecule has 0 saturated carbocycles. The van der Waals surface area contributed by atoms with E-state index in [1.807, 2.05) is 48.3 Å². The molecule has 1 fully saturated rings. The highest BCUT2D eigenvalue weighted by molar-refractivity contribution is 5.83. The summed E-state index contributed by atoms with van der Waals surface area (Å²) in [6.07, 6.45) is 3.34. The Hall–Kier alpha value is -2.89. The molecule has 25 heavy (non-hydrogen) atoms. The van der Waals surface area contributed by atoms with Crippen LogP contribution in [0.15, 0.2) is 54.9 Å². The van der Waals surface area contributed by atoms with Gasteiger partial charge in [-0.15, -0.1) is 0 Å². The number of rotatable bonds is 5. The summed E-state index contributed by atoms with van der Waals surface area (Å²) < 4.78 is 0. The number of anilines is 1. The van der Waals surface area contributed by atoms with Crippen LogP contribution < -0.4 is 4.90 Å². The van der Waals surface area contributed by atoms with Crippen molar-refractivity contribution in [1.29, 1.82) is 0 Å². The molecule has 6 nitrogen and oxygen atoms in total. The highest BCUT2D eigenvalue weighted by Crippen LogP contribution is 2.32. The molecular weight excluding hydrogens is 318 g/mol. The third-order valence-electron chi connectivity index (χ3n) is 4.67. The van der Waals surface area contributed by atoms with E-state index in [2.05, 4.69) is 4.98 Å². The number of carbonyl (C=O) groups excluding carboxylic acids is 1. The minimum absolute atomic E-state index is 0.0657. The number of hydrogen-bond acceptors (Lipinski definition) is 4. The van der Waals surface area contributed by atoms with Gasteiger partial charge in [-0.1, -0.05) is 24.3 Å². The fourth-order valence-corrected chi connectivity index (χ4v) is 3.27. The summed E-state index contributed by atoms with van der Waals surface area (Å²) in [5.74, 6) is -1.77. The van der Waals surface area contributed by atoms with E-state index >= 15 is 0 Å². The highest BCUT2D eigenvalue weighted by atomic mass is 16.4. The van der Waals surface area contributed by atoms with Crippen LogP contribution in [0.25, 0.3) is 0 Å². The fraction of sp³-hybridized carbons (Fsp3) is 0.316. The molecule has 1 aromatic heterocycles. The molecule has 0 aliphatic carbocycles. The van der Waals surface area contributed by atoms with Gasteiger partial charge in [-0.2, -0.15) is 0 Å². The number of benzene rings is 1. The van der Waals surface area contributed by atoms with Crippen molar-refractivity contribution in [1.82, 2.24) is 9.88 Å². The first-order chi connectivity index (χ1) is 12.1. The average molecular weight is 339 g/mol. The standard InChI is InChI=1S/C19H21N3O3/c1-21(15-7-3-2-4-8-15)13-18(23)22-11-16(17(12-22)19(24)25)14-6-5-9-20-10-14/h2-10,16-17H,11-13H2,1H3,(H,24,25)/t16-,17+/m1/s1. The van der Waals surface area contributed by atoms with Crippen LogP contribution in [0.1, 0.15) is 11.5 Å². The normalized spacial score (nSPS) is 19.6. The molecule has 0 radical (unpaired) electrons. The molecule has 1 aliphatic heterocycles. The first-order valence-corrected chi connectivity index (χ1v) is 8.23. The molecule has 6 heteroatoms. The lowest BCUT2D eigenvalue weighted by Crippen LogP contribution is -2.38. The lowest BCUT2D eigenvalue weighted by molar-refractivity contribution is -0.141. The number of amides is 1. The first-order valence-electron chi connectivity index (χ1n) is 8.23. The number of nitrogens with zero attached hydrogens (tertiary/aromatic N) is 3. The van der Waals surface area contributed by atoms with Gasteiger partial charge in [-0.3, -0.25) is 14.6 Å². The number of hydrogen-bond donors (Lipinski definition) is 1. The number of aliphatic carboxylic acids is 1. The maximum Gasteiger partial charge on any atom is 0.308 e. The predicted octanol–water partition coefficient (Wildman–Crippen LogP) is 1.84. The second kappa shape index (κ2) is 7.34. The number of carboxylic acids is 1. The van der Waals surface area contributed by atoms with E-state index in [4.69, 9.17) is 0 Å². The lowest BCUT2D eigenvalue weighted by Gasteiger charge is -2.23. The Labute approximate surface area is 146 Å². The van der Waals surface area contributed by atoms with Crippen molar-refractivity contribution in [3.63, 3.8) is 0 Å². The van der Waals surface area contributed by atoms with Gasteiger partial charge in [-0.05, 0) is 23.8 Å². The third kappa shape index (κ3) is 3.79. The predicted molar refractivity (Wildman–Crippen MR) is 94.4 cm³/mol. The van der Waals surface area contributed by atoms with Crippen LogP contribution >= 0.6 is 0 Å². The van der Waals surface area contributed by atoms with Crippen LogP contribution in [0.5, 0.6) is 0 Å². The molecule has 1 aromatic carbocycles. The summed E-state index contributed by atoms with van der Waals surface area (Å²) in [6, 6.07) is 13.3. The van der Waals surface area contributed by atoms with Crippen LogP contribution in [-0.2, 0) is 9.59 Å². The number of aromatic nitrogens is 1. The van der Waals surface area contributed by atoms with E-state index in [0.717, 1.165) is 11.3 Å². The molecule has 0 bridgehead atoms. The second-order valence-electron chi connectivity index (χ2n) is 6.33. The SMILES string of the molecule is CN(CC(=O)N1C[C@H](C(=O)O)[C@@H](c2cccnc2)C1)c1ccccc1. The average Bonchev–Trinajstić information content (AvgIpc) is 3.09. The molecule has 2 atom stereocenters. The number of likely N-dealkylation sites (N-methyl/N-ethyl adjacent to an activating group) is 1. The van der Waals surface area contributed by atoms with E-state index in [-0.39, 0.29) is 24.9 Å². The van der Waals surface area contributed by atoms with E-state index < -0.39 is 11.9 Å². The van der Waals surface area contributed by atoms with Crippen LogP contribution in [0.3, 0.4) is 0 Å². The first kappa shape index (κ1) is 17.0. The maximum atomic E-state index is 12.6. The Morgan fingerprint density at radius 3 is 2.60 bits per heavy atom. The zero-order valence-electron chi connectivity index (χ0n) is 14.1. The van der Waals surface area contributed by atoms with Gasteiger partial charge in [0.2, 0.25) is 5.91 Å². The van der Waals surface area contributed by atoms with E-state index in [1.165, 1.54) is 0 Å². The number of carbonyl (C=O) groups is 2. The Balaban J connectivity index is 1.70. The van der Waals surface area contributed by atoms with Crippen LogP contribution in [0.4, 0.5) is 5.69 Å². The lowest BCUT2D eigenvalue weighted by atomic mass is 9.90. The van der Waals surface area contributed by atoms with E-state index in [9.17, 15) is 14.7 Å². The maximum absolute atomic E-state index is 12.6. The van der Waals surface area contributed by atoms with Gasteiger partial charge in [0.25, 0.3) is 0 Å². The molecule has 1 N–H and O–H groups in total. The zero-order valence-corrected chi connectivity index (χ0v) is 14.1. The van der Waals surface area contributed by atoms with Gasteiger partial charge in [0.15, 0.2) is 0 Å². The van der Waals surface area contributed by atoms with Crippen LogP contribution in [0.2, 0.25) is 0 Å². The van der Waals surface area contributed by atoms with Crippen LogP contribution in [0, 0.1) is 5.92 Å². The van der Waals surface area contributed by atoms with Crippen LogP contribution in [-0.4, -0.2) is 53.5 Å². The van der Waals surface area contributed by atoms with Crippen molar-refractivity contribution in [2.45, 2.75) is 5.92 Å². The highest BCUT2D eigenvalue weighted by Gasteiger charge is 2.40. The zero-order chi connectivity index (χ0) is 17.8. The minimum Gasteiger partial charge on any atom is -0.481 e. The van der Waals surface area contributed by atoms with Crippen molar-refractivity contribution in [2.24, 2.45) is 5.92 Å². The molecule has 1 aliphatic rings. The minimum atomic E-state index is -0.874. The number of carboxylic acid groups (broad SMARTS) is 1. The quantitative estimate of drug-likeness (QED) is 0.900. The van der Waals surface area contributed by atoms with Crippen molar-refractivity contribution in [2.75, 3.05) is 31.6 Å². The van der Waals surface area contributed by atoms with Crippen molar-refractivity contribution in [3.8, 4) is 0 Å². The topological polar surface area (TPSA) is 73.7 Å². The molecule has 2 heterocycles. The Morgan fingerprint density at radius 2 is 1.96 bits per heavy atom. The Kier molecular flexibility index (Phi) is 4.97. The largest absolute Gasteiger partial charge is 0.481 e. The van der Waals surface area contributed by atoms with Crippen molar-refractivity contribution >= 4 is 17.6 Å². The fourth-order valence-electron chi connectivity index (χ4n) is 3.27. The van der Waals surface area contributed by atoms with Gasteiger partial charge in [0.1, 0.15) is 0 Å². The summed E-state index contributed by atoms with van der Waals surface area (Å²) in [7, 11) is 1.86. The number of para-hydroxylation sites is 1. The number of pyridine rings is 1. The summed E-state index contributed by atoms with van der Waals surface area (Å²) in [4.78, 5) is 31.9. The van der Waals surface area contributed by atoms with Gasteiger partial charge in [0.05, 0.1) is 12.5 Å². The molecule has 0 unspecified atom stereocenters. The number of likely N-dealkylation sites (tertiary alicyclic amines) is 1. The molecular formula is C19H21N3O3. The molecule has 1 saturated heterocycles. The van der Waals surface area contributed by atoms with Gasteiger partial charge < -0.3 is 14.9 Å². The second-order valence-corrected chi connectivity index (χ2v) is 6.33. The van der Waals surface area contributed by atoms with Crippen molar-refractivity contribution in [3.05, 3.63) is 60.4 Å². The molecule has 2 aromatic rings. The van der Waals surface area contributed by atoms with Gasteiger partial charge in [-0.25, -0.2) is 0 Å². The van der Waals surface area contributed by atoms with E-state index in [0.29, 0.717) is 6.54 Å². The van der Waals surface area contributed by atoms with E-state index in [1.54, 1.807) is 23.4 Å². The molecule has 130 valence electrons. The van der Waals surface area contributed by atoms with Crippen molar-refractivity contribution < 1.29 is 14.7 Å². The third-order valence-corrected chi connectivity index (χ3v) is 4.67. The van der Waals surface area contributed by atoms with Gasteiger partial charge in [0, 0.05) is 44.1 Å². The summed E-state index contributed by atoms with van der Waals surface area (Å²) in [5, 5.41) is 9.54. The molecule has 0 spiro atoms. The molecule has 3 rings (SSSR count). The van der Waals surface area contributed by atoms with Gasteiger partial charge >= 0.3 is 5.97 Å². The summed E-state index contributed by atoms with van der Waals surface area (Å²) in [5.41, 5.74) is 1.82. The smallest absolute Gasteiger partial charge is 0.308 e. The Bertz CT molecular complexity index is 736. The molecule has 1 amide bonds. The summed E-state index contributed by atoms with van der Waals surface area (Å²) in [6.45, 7) is 0.858. The Morgan fingerprint density at radius 1 is 1.20 bits per heavy atom. The summed E-state index contributed by atoms with van der Waals surface area (Å²) >= 11 is 0.